The van der Waals surface area contributed by atoms with Gasteiger partial charge in [0.05, 0.1) is 5.75 Å². The zero-order valence-electron chi connectivity index (χ0n) is 17.6. The van der Waals surface area contributed by atoms with E-state index in [2.05, 4.69) is 15.5 Å². The molecular formula is C23H25N3O3S. The highest BCUT2D eigenvalue weighted by Gasteiger charge is 2.13. The van der Waals surface area contributed by atoms with E-state index >= 15 is 0 Å². The fraction of sp³-hybridized carbons (Fsp3) is 0.304. The van der Waals surface area contributed by atoms with Gasteiger partial charge in [-0.25, -0.2) is 0 Å². The lowest BCUT2D eigenvalue weighted by molar-refractivity contribution is -0.116. The summed E-state index contributed by atoms with van der Waals surface area (Å²) in [6, 6.07) is 12.9. The number of carbonyl (C=O) groups excluding carboxylic acids is 2. The van der Waals surface area contributed by atoms with Crippen LogP contribution in [-0.4, -0.2) is 27.6 Å². The van der Waals surface area contributed by atoms with Crippen LogP contribution in [-0.2, 0) is 4.79 Å². The van der Waals surface area contributed by atoms with E-state index in [1.807, 2.05) is 45.9 Å². The minimum absolute atomic E-state index is 0.0319. The molecule has 0 saturated heterocycles. The van der Waals surface area contributed by atoms with E-state index in [4.69, 9.17) is 4.42 Å². The number of anilines is 1. The molecule has 1 aromatic heterocycles. The van der Waals surface area contributed by atoms with Crippen LogP contribution in [0.15, 0.2) is 52.1 Å². The molecule has 0 fully saturated rings. The van der Waals surface area contributed by atoms with Crippen molar-refractivity contribution in [1.82, 2.24) is 10.2 Å². The summed E-state index contributed by atoms with van der Waals surface area (Å²) in [5.74, 6) is 0.840. The first-order chi connectivity index (χ1) is 14.3. The van der Waals surface area contributed by atoms with E-state index in [1.54, 1.807) is 24.3 Å². The van der Waals surface area contributed by atoms with Gasteiger partial charge < -0.3 is 9.73 Å². The van der Waals surface area contributed by atoms with Crippen molar-refractivity contribution in [3.05, 3.63) is 59.2 Å². The van der Waals surface area contributed by atoms with Gasteiger partial charge in [0.25, 0.3) is 5.22 Å². The van der Waals surface area contributed by atoms with Crippen molar-refractivity contribution in [3.63, 3.8) is 0 Å². The normalized spacial score (nSPS) is 11.0. The van der Waals surface area contributed by atoms with Crippen molar-refractivity contribution in [2.24, 2.45) is 5.92 Å². The third kappa shape index (κ3) is 5.79. The van der Waals surface area contributed by atoms with Gasteiger partial charge >= 0.3 is 0 Å². The lowest BCUT2D eigenvalue weighted by Gasteiger charge is -2.07. The summed E-state index contributed by atoms with van der Waals surface area (Å²) in [5, 5.41) is 11.3. The summed E-state index contributed by atoms with van der Waals surface area (Å²) in [7, 11) is 0. The topological polar surface area (TPSA) is 85.1 Å². The largest absolute Gasteiger partial charge is 0.411 e. The first-order valence-electron chi connectivity index (χ1n) is 9.79. The number of amides is 1. The van der Waals surface area contributed by atoms with Gasteiger partial charge in [0.1, 0.15) is 0 Å². The Bertz CT molecular complexity index is 1040. The van der Waals surface area contributed by atoms with Gasteiger partial charge in [0, 0.05) is 23.2 Å². The van der Waals surface area contributed by atoms with Crippen LogP contribution in [0.2, 0.25) is 0 Å². The number of thioether (sulfide) groups is 1. The van der Waals surface area contributed by atoms with E-state index in [0.717, 1.165) is 11.1 Å². The summed E-state index contributed by atoms with van der Waals surface area (Å²) < 4.78 is 5.69. The van der Waals surface area contributed by atoms with Crippen LogP contribution in [0.3, 0.4) is 0 Å². The van der Waals surface area contributed by atoms with Crippen molar-refractivity contribution in [3.8, 4) is 11.5 Å². The Labute approximate surface area is 180 Å². The van der Waals surface area contributed by atoms with E-state index in [9.17, 15) is 9.59 Å². The van der Waals surface area contributed by atoms with Crippen LogP contribution in [0.1, 0.15) is 41.8 Å². The van der Waals surface area contributed by atoms with Crippen LogP contribution in [0.4, 0.5) is 5.69 Å². The highest BCUT2D eigenvalue weighted by molar-refractivity contribution is 7.99. The third-order valence-electron chi connectivity index (χ3n) is 4.57. The average Bonchev–Trinajstić information content (AvgIpc) is 3.17. The maximum Gasteiger partial charge on any atom is 0.277 e. The van der Waals surface area contributed by atoms with Crippen molar-refractivity contribution in [2.45, 2.75) is 39.3 Å². The minimum Gasteiger partial charge on any atom is -0.411 e. The molecule has 156 valence electrons. The summed E-state index contributed by atoms with van der Waals surface area (Å²) in [4.78, 5) is 24.3. The molecule has 0 aliphatic heterocycles. The molecule has 0 atom stereocenters. The molecule has 30 heavy (non-hydrogen) atoms. The molecule has 1 heterocycles. The number of ketones is 1. The summed E-state index contributed by atoms with van der Waals surface area (Å²) in [6.07, 6.45) is 0.464. The highest BCUT2D eigenvalue weighted by atomic mass is 32.2. The number of hydrogen-bond acceptors (Lipinski definition) is 6. The number of rotatable bonds is 8. The van der Waals surface area contributed by atoms with Crippen LogP contribution in [0.25, 0.3) is 11.5 Å². The second kappa shape index (κ2) is 9.71. The quantitative estimate of drug-likeness (QED) is 0.390. The summed E-state index contributed by atoms with van der Waals surface area (Å²) in [5.41, 5.74) is 4.46. The summed E-state index contributed by atoms with van der Waals surface area (Å²) >= 11 is 1.21. The zero-order valence-corrected chi connectivity index (χ0v) is 18.4. The maximum atomic E-state index is 12.5. The molecule has 2 aromatic carbocycles. The first-order valence-corrected chi connectivity index (χ1v) is 10.8. The Hall–Kier alpha value is -2.93. The van der Waals surface area contributed by atoms with E-state index < -0.39 is 0 Å². The van der Waals surface area contributed by atoms with Gasteiger partial charge in [0.2, 0.25) is 11.8 Å². The molecule has 0 unspecified atom stereocenters. The molecule has 0 bridgehead atoms. The van der Waals surface area contributed by atoms with Crippen LogP contribution in [0, 0.1) is 19.8 Å². The molecule has 1 N–H and O–H groups in total. The zero-order chi connectivity index (χ0) is 21.7. The lowest BCUT2D eigenvalue weighted by Crippen LogP contribution is -2.14. The number of aromatic nitrogens is 2. The Morgan fingerprint density at radius 2 is 1.77 bits per heavy atom. The number of nitrogens with one attached hydrogen (secondary N) is 1. The monoisotopic (exact) mass is 423 g/mol. The average molecular weight is 424 g/mol. The van der Waals surface area contributed by atoms with Gasteiger partial charge in [-0.1, -0.05) is 31.7 Å². The standard InChI is InChI=1S/C23H25N3O3S/c1-14(2)11-21(28)24-19-9-7-17(8-10-19)20(27)13-30-23-26-25-22(29-23)18-6-5-15(3)16(4)12-18/h5-10,12,14H,11,13H2,1-4H3,(H,24,28). The highest BCUT2D eigenvalue weighted by Crippen LogP contribution is 2.25. The fourth-order valence-electron chi connectivity index (χ4n) is 2.79. The van der Waals surface area contributed by atoms with Gasteiger partial charge in [-0.2, -0.15) is 0 Å². The molecule has 3 rings (SSSR count). The van der Waals surface area contributed by atoms with E-state index in [0.29, 0.717) is 34.7 Å². The molecule has 0 aliphatic rings. The van der Waals surface area contributed by atoms with E-state index in [-0.39, 0.29) is 17.4 Å². The second-order valence-corrected chi connectivity index (χ2v) is 8.53. The van der Waals surface area contributed by atoms with Crippen LogP contribution in [0.5, 0.6) is 0 Å². The molecule has 0 radical (unpaired) electrons. The van der Waals surface area contributed by atoms with E-state index in [1.165, 1.54) is 17.3 Å². The number of nitrogens with zero attached hydrogens (tertiary/aromatic N) is 2. The van der Waals surface area contributed by atoms with Crippen LogP contribution < -0.4 is 5.32 Å². The molecule has 0 spiro atoms. The Morgan fingerprint density at radius 1 is 1.03 bits per heavy atom. The summed E-state index contributed by atoms with van der Waals surface area (Å²) in [6.45, 7) is 8.07. The minimum atomic E-state index is -0.0500. The smallest absolute Gasteiger partial charge is 0.277 e. The van der Waals surface area contributed by atoms with Crippen molar-refractivity contribution < 1.29 is 14.0 Å². The lowest BCUT2D eigenvalue weighted by atomic mass is 10.1. The Balaban J connectivity index is 1.56. The Morgan fingerprint density at radius 3 is 2.43 bits per heavy atom. The van der Waals surface area contributed by atoms with Gasteiger partial charge in [-0.15, -0.1) is 10.2 Å². The molecule has 7 heteroatoms. The number of carbonyl (C=O) groups is 2. The number of Topliss-reactive ketones (excluding diaryl/α,β-unsaturated/α-hetero) is 1. The number of benzene rings is 2. The maximum absolute atomic E-state index is 12.5. The molecule has 0 saturated carbocycles. The second-order valence-electron chi connectivity index (χ2n) is 7.61. The van der Waals surface area contributed by atoms with Crippen LogP contribution >= 0.6 is 11.8 Å². The number of aryl methyl sites for hydroxylation is 2. The fourth-order valence-corrected chi connectivity index (χ4v) is 3.45. The third-order valence-corrected chi connectivity index (χ3v) is 5.39. The van der Waals surface area contributed by atoms with Crippen molar-refractivity contribution in [1.29, 1.82) is 0 Å². The van der Waals surface area contributed by atoms with Crippen molar-refractivity contribution >= 4 is 29.1 Å². The molecule has 0 aliphatic carbocycles. The molecule has 1 amide bonds. The predicted molar refractivity (Wildman–Crippen MR) is 119 cm³/mol. The molecule has 3 aromatic rings. The van der Waals surface area contributed by atoms with Gasteiger partial charge in [0.15, 0.2) is 5.78 Å². The molecular weight excluding hydrogens is 398 g/mol. The van der Waals surface area contributed by atoms with Gasteiger partial charge in [-0.05, 0) is 67.3 Å². The predicted octanol–water partition coefficient (Wildman–Crippen LogP) is 5.31. The van der Waals surface area contributed by atoms with Gasteiger partial charge in [-0.3, -0.25) is 9.59 Å². The first kappa shape index (κ1) is 21.8. The Kier molecular flexibility index (Phi) is 7.05. The number of hydrogen-bond donors (Lipinski definition) is 1. The molecule has 6 nitrogen and oxygen atoms in total. The van der Waals surface area contributed by atoms with Crippen molar-refractivity contribution in [2.75, 3.05) is 11.1 Å². The SMILES string of the molecule is Cc1ccc(-c2nnc(SCC(=O)c3ccc(NC(=O)CC(C)C)cc3)o2)cc1C.